The van der Waals surface area contributed by atoms with Gasteiger partial charge in [-0.3, -0.25) is 4.98 Å². The van der Waals surface area contributed by atoms with Crippen LogP contribution in [0.4, 0.5) is 4.39 Å². The third-order valence-corrected chi connectivity index (χ3v) is 3.52. The lowest BCUT2D eigenvalue weighted by atomic mass is 10.2. The summed E-state index contributed by atoms with van der Waals surface area (Å²) in [6.45, 7) is 1.99. The SMILES string of the molecule is Cc1ccc(OCc2c(F)cccc2Cl)c(CBr)n1. The second-order valence-electron chi connectivity index (χ2n) is 4.02. The van der Waals surface area contributed by atoms with Gasteiger partial charge < -0.3 is 4.74 Å². The molecular weight excluding hydrogens is 333 g/mol. The summed E-state index contributed by atoms with van der Waals surface area (Å²) >= 11 is 9.30. The summed E-state index contributed by atoms with van der Waals surface area (Å²) < 4.78 is 19.2. The minimum Gasteiger partial charge on any atom is -0.487 e. The third-order valence-electron chi connectivity index (χ3n) is 2.63. The van der Waals surface area contributed by atoms with E-state index in [2.05, 4.69) is 20.9 Å². The Morgan fingerprint density at radius 2 is 2.11 bits per heavy atom. The van der Waals surface area contributed by atoms with Gasteiger partial charge in [-0.2, -0.15) is 0 Å². The normalized spacial score (nSPS) is 10.5. The molecule has 0 atom stereocenters. The molecule has 100 valence electrons. The Balaban J connectivity index is 2.19. The maximum Gasteiger partial charge on any atom is 0.142 e. The molecule has 1 aromatic heterocycles. The van der Waals surface area contributed by atoms with Gasteiger partial charge in [0.2, 0.25) is 0 Å². The second kappa shape index (κ2) is 6.35. The van der Waals surface area contributed by atoms with E-state index >= 15 is 0 Å². The summed E-state index contributed by atoms with van der Waals surface area (Å²) in [5.41, 5.74) is 2.04. The molecule has 0 unspecified atom stereocenters. The molecule has 0 saturated heterocycles. The van der Waals surface area contributed by atoms with Crippen molar-refractivity contribution in [2.45, 2.75) is 18.9 Å². The van der Waals surface area contributed by atoms with Crippen LogP contribution in [0.2, 0.25) is 5.02 Å². The molecular formula is C14H12BrClFNO. The van der Waals surface area contributed by atoms with Crippen molar-refractivity contribution in [1.29, 1.82) is 0 Å². The van der Waals surface area contributed by atoms with Gasteiger partial charge in [0, 0.05) is 16.6 Å². The van der Waals surface area contributed by atoms with Gasteiger partial charge in [-0.1, -0.05) is 33.6 Å². The highest BCUT2D eigenvalue weighted by Gasteiger charge is 2.10. The Morgan fingerprint density at radius 1 is 1.32 bits per heavy atom. The Morgan fingerprint density at radius 3 is 2.79 bits per heavy atom. The summed E-state index contributed by atoms with van der Waals surface area (Å²) in [6.07, 6.45) is 0. The van der Waals surface area contributed by atoms with E-state index in [-0.39, 0.29) is 12.4 Å². The van der Waals surface area contributed by atoms with Gasteiger partial charge >= 0.3 is 0 Å². The lowest BCUT2D eigenvalue weighted by molar-refractivity contribution is 0.296. The molecule has 0 aliphatic heterocycles. The van der Waals surface area contributed by atoms with E-state index in [1.54, 1.807) is 12.1 Å². The van der Waals surface area contributed by atoms with Gasteiger partial charge in [-0.25, -0.2) is 4.39 Å². The Kier molecular flexibility index (Phi) is 4.77. The van der Waals surface area contributed by atoms with E-state index in [4.69, 9.17) is 16.3 Å². The number of hydrogen-bond acceptors (Lipinski definition) is 2. The number of alkyl halides is 1. The number of pyridine rings is 1. The highest BCUT2D eigenvalue weighted by Crippen LogP contribution is 2.24. The lowest BCUT2D eigenvalue weighted by Crippen LogP contribution is -2.02. The number of ether oxygens (including phenoxy) is 1. The van der Waals surface area contributed by atoms with Crippen LogP contribution in [0, 0.1) is 12.7 Å². The van der Waals surface area contributed by atoms with Crippen LogP contribution >= 0.6 is 27.5 Å². The monoisotopic (exact) mass is 343 g/mol. The molecule has 0 aliphatic carbocycles. The predicted molar refractivity (Wildman–Crippen MR) is 77.3 cm³/mol. The van der Waals surface area contributed by atoms with Crippen LogP contribution in [-0.4, -0.2) is 4.98 Å². The van der Waals surface area contributed by atoms with Crippen molar-refractivity contribution in [2.75, 3.05) is 0 Å². The minimum absolute atomic E-state index is 0.0796. The van der Waals surface area contributed by atoms with Gasteiger partial charge in [-0.15, -0.1) is 0 Å². The molecule has 0 amide bonds. The zero-order chi connectivity index (χ0) is 13.8. The van der Waals surface area contributed by atoms with E-state index in [0.29, 0.717) is 21.7 Å². The van der Waals surface area contributed by atoms with Crippen molar-refractivity contribution < 1.29 is 9.13 Å². The van der Waals surface area contributed by atoms with E-state index < -0.39 is 0 Å². The molecule has 0 spiro atoms. The molecule has 1 aromatic carbocycles. The first-order valence-corrected chi connectivity index (χ1v) is 7.20. The zero-order valence-corrected chi connectivity index (χ0v) is 12.6. The topological polar surface area (TPSA) is 22.1 Å². The number of hydrogen-bond donors (Lipinski definition) is 0. The van der Waals surface area contributed by atoms with Crippen molar-refractivity contribution in [3.05, 3.63) is 58.1 Å². The predicted octanol–water partition coefficient (Wildman–Crippen LogP) is 4.66. The van der Waals surface area contributed by atoms with Gasteiger partial charge in [0.1, 0.15) is 18.2 Å². The summed E-state index contributed by atoms with van der Waals surface area (Å²) in [6, 6.07) is 8.25. The van der Waals surface area contributed by atoms with Crippen molar-refractivity contribution in [2.24, 2.45) is 0 Å². The van der Waals surface area contributed by atoms with E-state index in [1.165, 1.54) is 6.07 Å². The Hall–Kier alpha value is -1.13. The fraction of sp³-hybridized carbons (Fsp3) is 0.214. The van der Waals surface area contributed by atoms with Crippen molar-refractivity contribution in [3.63, 3.8) is 0 Å². The second-order valence-corrected chi connectivity index (χ2v) is 4.99. The summed E-state index contributed by atoms with van der Waals surface area (Å²) in [4.78, 5) is 4.35. The van der Waals surface area contributed by atoms with Crippen LogP contribution in [0.1, 0.15) is 17.0 Å². The molecule has 2 rings (SSSR count). The smallest absolute Gasteiger partial charge is 0.142 e. The standard InChI is InChI=1S/C14H12BrClFNO/c1-9-5-6-14(13(7-15)18-9)19-8-10-11(16)3-2-4-12(10)17/h2-6H,7-8H2,1H3. The van der Waals surface area contributed by atoms with Gasteiger partial charge in [0.15, 0.2) is 0 Å². The van der Waals surface area contributed by atoms with Gasteiger partial charge in [-0.05, 0) is 31.2 Å². The maximum atomic E-state index is 13.6. The molecule has 0 N–H and O–H groups in total. The molecule has 1 heterocycles. The summed E-state index contributed by atoms with van der Waals surface area (Å²) in [7, 11) is 0. The van der Waals surface area contributed by atoms with Crippen LogP contribution in [0.15, 0.2) is 30.3 Å². The third kappa shape index (κ3) is 3.45. The van der Waals surface area contributed by atoms with Crippen molar-refractivity contribution in [1.82, 2.24) is 4.98 Å². The number of halogens is 3. The Labute approximate surface area is 124 Å². The molecule has 0 radical (unpaired) electrons. The van der Waals surface area contributed by atoms with E-state index in [1.807, 2.05) is 19.1 Å². The molecule has 0 bridgehead atoms. The molecule has 5 heteroatoms. The first-order chi connectivity index (χ1) is 9.11. The number of nitrogens with zero attached hydrogens (tertiary/aromatic N) is 1. The number of rotatable bonds is 4. The largest absolute Gasteiger partial charge is 0.487 e. The lowest BCUT2D eigenvalue weighted by Gasteiger charge is -2.11. The molecule has 2 aromatic rings. The van der Waals surface area contributed by atoms with Crippen molar-refractivity contribution >= 4 is 27.5 Å². The van der Waals surface area contributed by atoms with E-state index in [9.17, 15) is 4.39 Å². The van der Waals surface area contributed by atoms with Crippen LogP contribution < -0.4 is 4.74 Å². The average molecular weight is 345 g/mol. The fourth-order valence-electron chi connectivity index (χ4n) is 1.65. The fourth-order valence-corrected chi connectivity index (χ4v) is 2.26. The quantitative estimate of drug-likeness (QED) is 0.753. The number of aryl methyl sites for hydroxylation is 1. The molecule has 2 nitrogen and oxygen atoms in total. The zero-order valence-electron chi connectivity index (χ0n) is 10.3. The first-order valence-electron chi connectivity index (χ1n) is 5.70. The van der Waals surface area contributed by atoms with Gasteiger partial charge in [0.25, 0.3) is 0 Å². The van der Waals surface area contributed by atoms with Gasteiger partial charge in [0.05, 0.1) is 10.7 Å². The van der Waals surface area contributed by atoms with E-state index in [0.717, 1.165) is 11.4 Å². The number of benzene rings is 1. The summed E-state index contributed by atoms with van der Waals surface area (Å²) in [5, 5.41) is 0.940. The van der Waals surface area contributed by atoms with Crippen LogP contribution in [-0.2, 0) is 11.9 Å². The maximum absolute atomic E-state index is 13.6. The average Bonchev–Trinajstić information content (AvgIpc) is 2.39. The van der Waals surface area contributed by atoms with Crippen LogP contribution in [0.5, 0.6) is 5.75 Å². The summed E-state index contributed by atoms with van der Waals surface area (Å²) in [5.74, 6) is 0.259. The van der Waals surface area contributed by atoms with Crippen LogP contribution in [0.25, 0.3) is 0 Å². The molecule has 19 heavy (non-hydrogen) atoms. The first kappa shape index (κ1) is 14.3. The van der Waals surface area contributed by atoms with Crippen LogP contribution in [0.3, 0.4) is 0 Å². The highest BCUT2D eigenvalue weighted by atomic mass is 79.9. The van der Waals surface area contributed by atoms with Crippen molar-refractivity contribution in [3.8, 4) is 5.75 Å². The minimum atomic E-state index is -0.368. The Bertz CT molecular complexity index is 571. The molecule has 0 saturated carbocycles. The molecule has 0 aliphatic rings. The number of aromatic nitrogens is 1. The molecule has 0 fully saturated rings. The highest BCUT2D eigenvalue weighted by molar-refractivity contribution is 9.08.